The van der Waals surface area contributed by atoms with Gasteiger partial charge in [-0.1, -0.05) is 22.9 Å². The zero-order valence-corrected chi connectivity index (χ0v) is 19.0. The molecule has 29 heavy (non-hydrogen) atoms. The number of piperazine rings is 1. The number of amides is 1. The van der Waals surface area contributed by atoms with Gasteiger partial charge in [0, 0.05) is 43.2 Å². The summed E-state index contributed by atoms with van der Waals surface area (Å²) >= 11 is 3.28. The van der Waals surface area contributed by atoms with Gasteiger partial charge in [-0.2, -0.15) is 0 Å². The standard InChI is InChI=1S/C20H26BrN3O4S/c1-3-23-10-12-24(13-11-23)15(2)14-22-20(25)18-8-9-19(28-18)29(26,27)17-6-4-16(21)5-7-17/h4-9,15H,3,10-14H2,1-2H3,(H,22,25)/t15-/m1/s1. The van der Waals surface area contributed by atoms with Crippen molar-refractivity contribution in [1.29, 1.82) is 0 Å². The van der Waals surface area contributed by atoms with Gasteiger partial charge in [-0.05, 0) is 49.9 Å². The number of hydrogen-bond acceptors (Lipinski definition) is 6. The lowest BCUT2D eigenvalue weighted by Crippen LogP contribution is -2.52. The average Bonchev–Trinajstić information content (AvgIpc) is 3.23. The highest BCUT2D eigenvalue weighted by atomic mass is 79.9. The molecule has 1 atom stereocenters. The highest BCUT2D eigenvalue weighted by Gasteiger charge is 2.24. The number of rotatable bonds is 7. The van der Waals surface area contributed by atoms with E-state index < -0.39 is 15.7 Å². The number of sulfone groups is 1. The monoisotopic (exact) mass is 483 g/mol. The highest BCUT2D eigenvalue weighted by molar-refractivity contribution is 9.10. The second-order valence-electron chi connectivity index (χ2n) is 7.11. The summed E-state index contributed by atoms with van der Waals surface area (Å²) in [6, 6.07) is 9.17. The van der Waals surface area contributed by atoms with E-state index in [1.165, 1.54) is 24.3 Å². The van der Waals surface area contributed by atoms with Gasteiger partial charge in [-0.15, -0.1) is 0 Å². The molecule has 7 nitrogen and oxygen atoms in total. The summed E-state index contributed by atoms with van der Waals surface area (Å²) in [5.74, 6) is -0.426. The van der Waals surface area contributed by atoms with Crippen molar-refractivity contribution in [3.63, 3.8) is 0 Å². The third-order valence-electron chi connectivity index (χ3n) is 5.23. The highest BCUT2D eigenvalue weighted by Crippen LogP contribution is 2.24. The van der Waals surface area contributed by atoms with E-state index in [4.69, 9.17) is 4.42 Å². The Bertz CT molecular complexity index is 935. The van der Waals surface area contributed by atoms with Crippen LogP contribution in [0.2, 0.25) is 0 Å². The Morgan fingerprint density at radius 2 is 1.79 bits per heavy atom. The summed E-state index contributed by atoms with van der Waals surface area (Å²) in [6.07, 6.45) is 0. The molecule has 0 aliphatic carbocycles. The summed E-state index contributed by atoms with van der Waals surface area (Å²) in [6.45, 7) is 9.78. The molecule has 1 aliphatic rings. The molecule has 1 amide bonds. The van der Waals surface area contributed by atoms with Gasteiger partial charge in [0.25, 0.3) is 5.91 Å². The third-order valence-corrected chi connectivity index (χ3v) is 7.40. The molecule has 1 saturated heterocycles. The number of benzene rings is 1. The van der Waals surface area contributed by atoms with Crippen molar-refractivity contribution in [2.75, 3.05) is 39.3 Å². The fourth-order valence-electron chi connectivity index (χ4n) is 3.29. The van der Waals surface area contributed by atoms with Crippen molar-refractivity contribution >= 4 is 31.7 Å². The summed E-state index contributed by atoms with van der Waals surface area (Å²) in [5, 5.41) is 2.60. The first-order valence-electron chi connectivity index (χ1n) is 9.66. The lowest BCUT2D eigenvalue weighted by atomic mass is 10.2. The molecular formula is C20H26BrN3O4S. The molecule has 9 heteroatoms. The van der Waals surface area contributed by atoms with Gasteiger partial charge in [0.2, 0.25) is 14.9 Å². The Labute approximate surface area is 180 Å². The van der Waals surface area contributed by atoms with Crippen molar-refractivity contribution in [1.82, 2.24) is 15.1 Å². The molecule has 1 aromatic heterocycles. The van der Waals surface area contributed by atoms with Crippen molar-refractivity contribution < 1.29 is 17.6 Å². The molecular weight excluding hydrogens is 458 g/mol. The fourth-order valence-corrected chi connectivity index (χ4v) is 4.73. The first kappa shape index (κ1) is 22.0. The van der Waals surface area contributed by atoms with E-state index in [-0.39, 0.29) is 21.8 Å². The Balaban J connectivity index is 1.59. The van der Waals surface area contributed by atoms with Crippen LogP contribution < -0.4 is 5.32 Å². The Kier molecular flexibility index (Phi) is 7.15. The number of carbonyl (C=O) groups excluding carboxylic acids is 1. The largest absolute Gasteiger partial charge is 0.439 e. The predicted octanol–water partition coefficient (Wildman–Crippen LogP) is 2.63. The van der Waals surface area contributed by atoms with Crippen LogP contribution in [0.15, 0.2) is 55.3 Å². The molecule has 2 heterocycles. The zero-order chi connectivity index (χ0) is 21.0. The van der Waals surface area contributed by atoms with Crippen molar-refractivity contribution in [2.24, 2.45) is 0 Å². The van der Waals surface area contributed by atoms with Crippen LogP contribution in [0.25, 0.3) is 0 Å². The lowest BCUT2D eigenvalue weighted by molar-refractivity contribution is 0.0856. The molecule has 1 aliphatic heterocycles. The molecule has 1 N–H and O–H groups in total. The second kappa shape index (κ2) is 9.42. The van der Waals surface area contributed by atoms with Crippen LogP contribution in [0.1, 0.15) is 24.4 Å². The smallest absolute Gasteiger partial charge is 0.287 e. The van der Waals surface area contributed by atoms with Crippen LogP contribution in [-0.4, -0.2) is 69.4 Å². The summed E-state index contributed by atoms with van der Waals surface area (Å²) in [5.41, 5.74) is 0. The van der Waals surface area contributed by atoms with Gasteiger partial charge in [0.15, 0.2) is 5.76 Å². The number of halogens is 1. The van der Waals surface area contributed by atoms with Crippen molar-refractivity contribution in [3.8, 4) is 0 Å². The molecule has 0 saturated carbocycles. The van der Waals surface area contributed by atoms with Crippen LogP contribution in [0, 0.1) is 0 Å². The van der Waals surface area contributed by atoms with Gasteiger partial charge in [0.05, 0.1) is 4.90 Å². The number of furan rings is 1. The minimum absolute atomic E-state index is 0.0105. The Morgan fingerprint density at radius 1 is 1.14 bits per heavy atom. The number of nitrogens with one attached hydrogen (secondary N) is 1. The van der Waals surface area contributed by atoms with E-state index in [0.717, 1.165) is 37.2 Å². The van der Waals surface area contributed by atoms with Gasteiger partial charge < -0.3 is 14.6 Å². The summed E-state index contributed by atoms with van der Waals surface area (Å²) in [7, 11) is -3.81. The maximum absolute atomic E-state index is 12.7. The third kappa shape index (κ3) is 5.28. The first-order chi connectivity index (χ1) is 13.8. The molecule has 3 rings (SSSR count). The molecule has 1 aromatic carbocycles. The molecule has 0 unspecified atom stereocenters. The zero-order valence-electron chi connectivity index (χ0n) is 16.6. The van der Waals surface area contributed by atoms with Crippen LogP contribution in [0.4, 0.5) is 0 Å². The SMILES string of the molecule is CCN1CCN([C@H](C)CNC(=O)c2ccc(S(=O)(=O)c3ccc(Br)cc3)o2)CC1. The van der Waals surface area contributed by atoms with Crippen LogP contribution in [-0.2, 0) is 9.84 Å². The van der Waals surface area contributed by atoms with E-state index in [9.17, 15) is 13.2 Å². The van der Waals surface area contributed by atoms with Crippen LogP contribution in [0.3, 0.4) is 0 Å². The topological polar surface area (TPSA) is 82.9 Å². The quantitative estimate of drug-likeness (QED) is 0.651. The van der Waals surface area contributed by atoms with Crippen molar-refractivity contribution in [2.45, 2.75) is 29.9 Å². The van der Waals surface area contributed by atoms with E-state index >= 15 is 0 Å². The summed E-state index contributed by atoms with van der Waals surface area (Å²) in [4.78, 5) is 17.3. The number of likely N-dealkylation sites (N-methyl/N-ethyl adjacent to an activating group) is 1. The van der Waals surface area contributed by atoms with Crippen LogP contribution >= 0.6 is 15.9 Å². The van der Waals surface area contributed by atoms with Gasteiger partial charge in [0.1, 0.15) is 0 Å². The van der Waals surface area contributed by atoms with Gasteiger partial charge in [-0.25, -0.2) is 8.42 Å². The Morgan fingerprint density at radius 3 is 2.41 bits per heavy atom. The first-order valence-corrected chi connectivity index (χ1v) is 11.9. The average molecular weight is 484 g/mol. The number of nitrogens with zero attached hydrogens (tertiary/aromatic N) is 2. The summed E-state index contributed by atoms with van der Waals surface area (Å²) < 4.78 is 31.5. The number of hydrogen-bond donors (Lipinski definition) is 1. The maximum atomic E-state index is 12.7. The predicted molar refractivity (Wildman–Crippen MR) is 114 cm³/mol. The van der Waals surface area contributed by atoms with Gasteiger partial charge in [-0.3, -0.25) is 9.69 Å². The van der Waals surface area contributed by atoms with Crippen LogP contribution in [0.5, 0.6) is 0 Å². The molecule has 2 aromatic rings. The lowest BCUT2D eigenvalue weighted by Gasteiger charge is -2.37. The van der Waals surface area contributed by atoms with E-state index in [1.807, 2.05) is 0 Å². The van der Waals surface area contributed by atoms with Crippen molar-refractivity contribution in [3.05, 3.63) is 46.6 Å². The van der Waals surface area contributed by atoms with E-state index in [2.05, 4.69) is 44.9 Å². The normalized spacial score (nSPS) is 17.2. The fraction of sp³-hybridized carbons (Fsp3) is 0.450. The molecule has 158 valence electrons. The number of carbonyl (C=O) groups is 1. The molecule has 1 fully saturated rings. The molecule has 0 bridgehead atoms. The Hall–Kier alpha value is -1.68. The van der Waals surface area contributed by atoms with E-state index in [1.54, 1.807) is 12.1 Å². The minimum Gasteiger partial charge on any atom is -0.439 e. The molecule has 0 radical (unpaired) electrons. The second-order valence-corrected chi connectivity index (χ2v) is 9.90. The van der Waals surface area contributed by atoms with E-state index in [0.29, 0.717) is 6.54 Å². The molecule has 0 spiro atoms. The maximum Gasteiger partial charge on any atom is 0.287 e. The van der Waals surface area contributed by atoms with Gasteiger partial charge >= 0.3 is 0 Å². The minimum atomic E-state index is -3.81.